The van der Waals surface area contributed by atoms with Gasteiger partial charge in [-0.15, -0.1) is 0 Å². The van der Waals surface area contributed by atoms with Gasteiger partial charge in [0, 0.05) is 7.11 Å². The van der Waals surface area contributed by atoms with Crippen molar-refractivity contribution in [3.8, 4) is 0 Å². The molecule has 0 aromatic rings. The van der Waals surface area contributed by atoms with Crippen LogP contribution in [0.4, 0.5) is 0 Å². The van der Waals surface area contributed by atoms with Crippen LogP contribution >= 0.6 is 0 Å². The lowest BCUT2D eigenvalue weighted by molar-refractivity contribution is -0.0764. The highest BCUT2D eigenvalue weighted by molar-refractivity contribution is 5.98. The van der Waals surface area contributed by atoms with Crippen LogP contribution in [0.15, 0.2) is 0 Å². The SMILES string of the molecule is COCCOC(C)O[SiH3]. The van der Waals surface area contributed by atoms with E-state index in [0.717, 1.165) is 10.5 Å². The third kappa shape index (κ3) is 5.98. The number of methoxy groups -OCH3 is 1. The highest BCUT2D eigenvalue weighted by Gasteiger charge is 1.94. The summed E-state index contributed by atoms with van der Waals surface area (Å²) in [6.07, 6.45) is -0.0631. The predicted octanol–water partition coefficient (Wildman–Crippen LogP) is -0.708. The fourth-order valence-electron chi connectivity index (χ4n) is 0.365. The standard InChI is InChI=1S/C5H14O3Si/c1-5(8-9)7-4-3-6-2/h5H,3-4H2,1-2,9H3. The van der Waals surface area contributed by atoms with E-state index >= 15 is 0 Å². The highest BCUT2D eigenvalue weighted by Crippen LogP contribution is 1.88. The molecule has 3 nitrogen and oxygen atoms in total. The lowest BCUT2D eigenvalue weighted by Gasteiger charge is -2.09. The van der Waals surface area contributed by atoms with E-state index in [9.17, 15) is 0 Å². The van der Waals surface area contributed by atoms with Gasteiger partial charge in [-0.25, -0.2) is 0 Å². The van der Waals surface area contributed by atoms with Crippen molar-refractivity contribution in [2.45, 2.75) is 13.2 Å². The smallest absolute Gasteiger partial charge is 0.149 e. The van der Waals surface area contributed by atoms with Gasteiger partial charge in [0.25, 0.3) is 0 Å². The average molecular weight is 150 g/mol. The second kappa shape index (κ2) is 6.22. The molecule has 0 aliphatic rings. The van der Waals surface area contributed by atoms with Crippen molar-refractivity contribution in [3.63, 3.8) is 0 Å². The zero-order valence-electron chi connectivity index (χ0n) is 6.22. The molecule has 0 bridgehead atoms. The Labute approximate surface area is 58.8 Å². The zero-order chi connectivity index (χ0) is 7.11. The number of hydrogen-bond acceptors (Lipinski definition) is 3. The van der Waals surface area contributed by atoms with Crippen LogP contribution in [-0.4, -0.2) is 37.1 Å². The van der Waals surface area contributed by atoms with Crippen LogP contribution < -0.4 is 0 Å². The van der Waals surface area contributed by atoms with Gasteiger partial charge in [0.05, 0.1) is 13.2 Å². The monoisotopic (exact) mass is 150 g/mol. The molecule has 0 heterocycles. The van der Waals surface area contributed by atoms with Gasteiger partial charge >= 0.3 is 0 Å². The average Bonchev–Trinajstić information content (AvgIpc) is 1.89. The third-order valence-electron chi connectivity index (χ3n) is 0.972. The molecule has 1 unspecified atom stereocenters. The van der Waals surface area contributed by atoms with Gasteiger partial charge in [0.1, 0.15) is 16.8 Å². The molecular weight excluding hydrogens is 136 g/mol. The van der Waals surface area contributed by atoms with Crippen LogP contribution in [0.1, 0.15) is 6.92 Å². The lowest BCUT2D eigenvalue weighted by Crippen LogP contribution is -2.14. The van der Waals surface area contributed by atoms with Crippen LogP contribution in [0.25, 0.3) is 0 Å². The Morgan fingerprint density at radius 2 is 2.11 bits per heavy atom. The summed E-state index contributed by atoms with van der Waals surface area (Å²) < 4.78 is 14.8. The molecule has 0 amide bonds. The Bertz CT molecular complexity index is 60.2. The maximum atomic E-state index is 5.12. The molecule has 0 rings (SSSR count). The molecule has 0 aromatic heterocycles. The molecule has 1 atom stereocenters. The van der Waals surface area contributed by atoms with Gasteiger partial charge in [0.15, 0.2) is 0 Å². The molecule has 56 valence electrons. The molecule has 0 saturated carbocycles. The summed E-state index contributed by atoms with van der Waals surface area (Å²) in [7, 11) is 2.37. The van der Waals surface area contributed by atoms with E-state index < -0.39 is 0 Å². The van der Waals surface area contributed by atoms with Crippen LogP contribution in [-0.2, 0) is 13.9 Å². The quantitative estimate of drug-likeness (QED) is 0.294. The second-order valence-corrected chi connectivity index (χ2v) is 2.14. The number of ether oxygens (including phenoxy) is 2. The van der Waals surface area contributed by atoms with E-state index in [1.165, 1.54) is 0 Å². The first-order chi connectivity index (χ1) is 4.31. The molecule has 0 aromatic carbocycles. The van der Waals surface area contributed by atoms with E-state index in [0.29, 0.717) is 13.2 Å². The fraction of sp³-hybridized carbons (Fsp3) is 1.00. The summed E-state index contributed by atoms with van der Waals surface area (Å²) in [6, 6.07) is 0. The van der Waals surface area contributed by atoms with Crippen LogP contribution in [0.3, 0.4) is 0 Å². The van der Waals surface area contributed by atoms with Gasteiger partial charge in [-0.05, 0) is 6.92 Å². The summed E-state index contributed by atoms with van der Waals surface area (Å²) >= 11 is 0. The minimum absolute atomic E-state index is 0.0631. The molecule has 0 saturated heterocycles. The molecule has 0 fully saturated rings. The van der Waals surface area contributed by atoms with Crippen LogP contribution in [0.2, 0.25) is 0 Å². The van der Waals surface area contributed by atoms with E-state index in [1.54, 1.807) is 7.11 Å². The van der Waals surface area contributed by atoms with E-state index in [4.69, 9.17) is 13.9 Å². The fourth-order valence-corrected chi connectivity index (χ4v) is 0.502. The Kier molecular flexibility index (Phi) is 6.29. The molecule has 9 heavy (non-hydrogen) atoms. The molecule has 0 spiro atoms. The van der Waals surface area contributed by atoms with E-state index in [-0.39, 0.29) is 6.29 Å². The number of hydrogen-bond donors (Lipinski definition) is 0. The first-order valence-electron chi connectivity index (χ1n) is 2.94. The maximum absolute atomic E-state index is 5.12. The summed E-state index contributed by atoms with van der Waals surface area (Å²) in [5.41, 5.74) is 0. The zero-order valence-corrected chi connectivity index (χ0v) is 8.22. The summed E-state index contributed by atoms with van der Waals surface area (Å²) in [6.45, 7) is 3.12. The second-order valence-electron chi connectivity index (χ2n) is 1.67. The lowest BCUT2D eigenvalue weighted by atomic mass is 10.7. The normalized spacial score (nSPS) is 14.0. The van der Waals surface area contributed by atoms with Gasteiger partial charge in [-0.2, -0.15) is 0 Å². The summed E-state index contributed by atoms with van der Waals surface area (Å²) in [5.74, 6) is 0. The Balaban J connectivity index is 2.88. The molecular formula is C5H14O3Si. The largest absolute Gasteiger partial charge is 0.404 e. The summed E-state index contributed by atoms with van der Waals surface area (Å²) in [4.78, 5) is 0. The maximum Gasteiger partial charge on any atom is 0.149 e. The van der Waals surface area contributed by atoms with Gasteiger partial charge in [0.2, 0.25) is 0 Å². The number of rotatable bonds is 5. The molecule has 4 heteroatoms. The van der Waals surface area contributed by atoms with Gasteiger partial charge in [-0.3, -0.25) is 0 Å². The van der Waals surface area contributed by atoms with Crippen LogP contribution in [0.5, 0.6) is 0 Å². The minimum Gasteiger partial charge on any atom is -0.404 e. The first-order valence-corrected chi connectivity index (χ1v) is 3.76. The van der Waals surface area contributed by atoms with Crippen molar-refractivity contribution >= 4 is 10.5 Å². The van der Waals surface area contributed by atoms with Crippen molar-refractivity contribution in [2.75, 3.05) is 20.3 Å². The minimum atomic E-state index is -0.0631. The van der Waals surface area contributed by atoms with Crippen molar-refractivity contribution in [1.29, 1.82) is 0 Å². The van der Waals surface area contributed by atoms with E-state index in [1.807, 2.05) is 6.92 Å². The molecule has 0 radical (unpaired) electrons. The van der Waals surface area contributed by atoms with Crippen molar-refractivity contribution < 1.29 is 13.9 Å². The highest BCUT2D eigenvalue weighted by atomic mass is 28.2. The van der Waals surface area contributed by atoms with Gasteiger partial charge < -0.3 is 13.9 Å². The molecule has 0 aliphatic carbocycles. The van der Waals surface area contributed by atoms with Crippen molar-refractivity contribution in [1.82, 2.24) is 0 Å². The first kappa shape index (κ1) is 9.10. The Morgan fingerprint density at radius 3 is 2.56 bits per heavy atom. The van der Waals surface area contributed by atoms with Crippen LogP contribution in [0, 0.1) is 0 Å². The van der Waals surface area contributed by atoms with Crippen molar-refractivity contribution in [3.05, 3.63) is 0 Å². The van der Waals surface area contributed by atoms with E-state index in [2.05, 4.69) is 0 Å². The summed E-state index contributed by atoms with van der Waals surface area (Å²) in [5, 5.41) is 0. The van der Waals surface area contributed by atoms with Gasteiger partial charge in [-0.1, -0.05) is 0 Å². The third-order valence-corrected chi connectivity index (χ3v) is 1.64. The predicted molar refractivity (Wildman–Crippen MR) is 38.3 cm³/mol. The topological polar surface area (TPSA) is 27.7 Å². The van der Waals surface area contributed by atoms with Crippen molar-refractivity contribution in [2.24, 2.45) is 0 Å². The molecule has 0 N–H and O–H groups in total. The Hall–Kier alpha value is 0.0969. The molecule has 0 aliphatic heterocycles. The Morgan fingerprint density at radius 1 is 1.44 bits per heavy atom.